The largest absolute Gasteiger partial charge is 0.452 e. The summed E-state index contributed by atoms with van der Waals surface area (Å²) < 4.78 is 5.33. The van der Waals surface area contributed by atoms with Crippen LogP contribution in [0.1, 0.15) is 30.1 Å². The van der Waals surface area contributed by atoms with E-state index >= 15 is 0 Å². The van der Waals surface area contributed by atoms with Crippen molar-refractivity contribution in [2.24, 2.45) is 5.92 Å². The van der Waals surface area contributed by atoms with Crippen LogP contribution in [0.5, 0.6) is 0 Å². The molecule has 0 radical (unpaired) electrons. The molecule has 3 aromatic carbocycles. The van der Waals surface area contributed by atoms with Crippen molar-refractivity contribution in [3.05, 3.63) is 82.4 Å². The number of nitrogens with zero attached hydrogens (tertiary/aromatic N) is 3. The van der Waals surface area contributed by atoms with E-state index in [1.807, 2.05) is 53.4 Å². The molecule has 1 amide bonds. The minimum atomic E-state index is -0.779. The number of rotatable bonds is 5. The van der Waals surface area contributed by atoms with Crippen LogP contribution in [0.15, 0.2) is 76.5 Å². The van der Waals surface area contributed by atoms with E-state index in [4.69, 9.17) is 4.74 Å². The van der Waals surface area contributed by atoms with Gasteiger partial charge >= 0.3 is 5.97 Å². The minimum absolute atomic E-state index is 0.0404. The third-order valence-electron chi connectivity index (χ3n) is 6.54. The zero-order valence-electron chi connectivity index (χ0n) is 19.8. The van der Waals surface area contributed by atoms with Gasteiger partial charge in [-0.05, 0) is 55.2 Å². The van der Waals surface area contributed by atoms with Crippen LogP contribution in [-0.4, -0.2) is 36.5 Å². The van der Waals surface area contributed by atoms with Crippen molar-refractivity contribution in [3.63, 3.8) is 0 Å². The van der Waals surface area contributed by atoms with Gasteiger partial charge in [0, 0.05) is 28.9 Å². The van der Waals surface area contributed by atoms with Crippen LogP contribution in [0.3, 0.4) is 0 Å². The molecule has 9 heteroatoms. The summed E-state index contributed by atoms with van der Waals surface area (Å²) in [6.45, 7) is 3.15. The number of anilines is 3. The highest BCUT2D eigenvalue weighted by Crippen LogP contribution is 2.47. The Bertz CT molecular complexity index is 1290. The van der Waals surface area contributed by atoms with Crippen LogP contribution in [0.2, 0.25) is 0 Å². The number of piperidine rings is 1. The number of ether oxygens (including phenoxy) is 1. The number of fused-ring (bicyclic) bond motifs is 2. The second-order valence-electron chi connectivity index (χ2n) is 8.97. The summed E-state index contributed by atoms with van der Waals surface area (Å²) in [6.07, 6.45) is 1.93. The van der Waals surface area contributed by atoms with Crippen LogP contribution in [-0.2, 0) is 9.53 Å². The van der Waals surface area contributed by atoms with Gasteiger partial charge in [0.2, 0.25) is 0 Å². The van der Waals surface area contributed by atoms with Gasteiger partial charge in [-0.3, -0.25) is 19.8 Å². The van der Waals surface area contributed by atoms with Crippen molar-refractivity contribution < 1.29 is 19.2 Å². The van der Waals surface area contributed by atoms with E-state index in [9.17, 15) is 19.7 Å². The summed E-state index contributed by atoms with van der Waals surface area (Å²) in [5, 5.41) is 11.8. The lowest BCUT2D eigenvalue weighted by atomic mass is 9.98. The Morgan fingerprint density at radius 1 is 0.972 bits per heavy atom. The standard InChI is InChI=1S/C27H25N3O5S/c1-18-12-14-28(15-13-18)20-11-10-19(16-23(20)30(33)34)27(32)35-17-26(31)29-21-6-2-4-8-24(21)36-25-9-5-3-7-22(25)29/h2-11,16,18H,12-15,17H2,1H3. The molecule has 8 nitrogen and oxygen atoms in total. The number of nitro groups is 1. The molecule has 0 aliphatic carbocycles. The maximum Gasteiger partial charge on any atom is 0.338 e. The predicted octanol–water partition coefficient (Wildman–Crippen LogP) is 5.82. The first kappa shape index (κ1) is 23.9. The lowest BCUT2D eigenvalue weighted by Gasteiger charge is -2.31. The molecular weight excluding hydrogens is 478 g/mol. The minimum Gasteiger partial charge on any atom is -0.452 e. The molecule has 0 unspecified atom stereocenters. The Kier molecular flexibility index (Phi) is 6.65. The molecule has 1 saturated heterocycles. The van der Waals surface area contributed by atoms with Crippen LogP contribution in [0.25, 0.3) is 0 Å². The van der Waals surface area contributed by atoms with E-state index in [2.05, 4.69) is 6.92 Å². The van der Waals surface area contributed by atoms with Crippen LogP contribution < -0.4 is 9.80 Å². The normalized spacial score (nSPS) is 15.1. The van der Waals surface area contributed by atoms with Gasteiger partial charge in [-0.2, -0.15) is 0 Å². The Morgan fingerprint density at radius 2 is 1.58 bits per heavy atom. The number of amides is 1. The highest BCUT2D eigenvalue weighted by molar-refractivity contribution is 7.99. The van der Waals surface area contributed by atoms with Gasteiger partial charge in [-0.15, -0.1) is 0 Å². The van der Waals surface area contributed by atoms with Gasteiger partial charge in [0.25, 0.3) is 11.6 Å². The summed E-state index contributed by atoms with van der Waals surface area (Å²) >= 11 is 1.57. The monoisotopic (exact) mass is 503 g/mol. The summed E-state index contributed by atoms with van der Waals surface area (Å²) in [4.78, 5) is 42.7. The van der Waals surface area contributed by atoms with Gasteiger partial charge in [0.05, 0.1) is 21.9 Å². The number of para-hydroxylation sites is 2. The third-order valence-corrected chi connectivity index (χ3v) is 7.67. The Balaban J connectivity index is 1.33. The van der Waals surface area contributed by atoms with Crippen molar-refractivity contribution in [2.45, 2.75) is 29.6 Å². The molecule has 0 aromatic heterocycles. The summed E-state index contributed by atoms with van der Waals surface area (Å²) in [5.41, 5.74) is 1.84. The van der Waals surface area contributed by atoms with Crippen molar-refractivity contribution in [1.29, 1.82) is 0 Å². The molecule has 0 bridgehead atoms. The Morgan fingerprint density at radius 3 is 2.19 bits per heavy atom. The molecule has 0 atom stereocenters. The predicted molar refractivity (Wildman–Crippen MR) is 138 cm³/mol. The molecule has 0 spiro atoms. The maximum atomic E-state index is 13.2. The SMILES string of the molecule is CC1CCN(c2ccc(C(=O)OCC(=O)N3c4ccccc4Sc4ccccc43)cc2[N+](=O)[O-])CC1. The van der Waals surface area contributed by atoms with E-state index in [-0.39, 0.29) is 11.3 Å². The van der Waals surface area contributed by atoms with Gasteiger partial charge in [-0.25, -0.2) is 4.79 Å². The molecule has 36 heavy (non-hydrogen) atoms. The van der Waals surface area contributed by atoms with Gasteiger partial charge in [0.15, 0.2) is 6.61 Å². The Hall–Kier alpha value is -3.85. The molecule has 184 valence electrons. The van der Waals surface area contributed by atoms with E-state index in [0.717, 1.165) is 47.1 Å². The fourth-order valence-electron chi connectivity index (χ4n) is 4.56. The number of carbonyl (C=O) groups excluding carboxylic acids is 2. The van der Waals surface area contributed by atoms with Gasteiger partial charge in [-0.1, -0.05) is 43.0 Å². The Labute approximate surface area is 213 Å². The van der Waals surface area contributed by atoms with E-state index in [1.165, 1.54) is 12.1 Å². The first-order valence-corrected chi connectivity index (χ1v) is 12.6. The molecule has 0 N–H and O–H groups in total. The second-order valence-corrected chi connectivity index (χ2v) is 10.1. The van der Waals surface area contributed by atoms with Crippen LogP contribution in [0, 0.1) is 16.0 Å². The van der Waals surface area contributed by atoms with Gasteiger partial charge in [0.1, 0.15) is 5.69 Å². The molecule has 2 aliphatic heterocycles. The summed E-state index contributed by atoms with van der Waals surface area (Å²) in [5.74, 6) is -0.597. The van der Waals surface area contributed by atoms with E-state index in [1.54, 1.807) is 22.7 Å². The number of esters is 1. The molecular formula is C27H25N3O5S. The average molecular weight is 504 g/mol. The first-order valence-electron chi connectivity index (χ1n) is 11.8. The zero-order valence-corrected chi connectivity index (χ0v) is 20.6. The summed E-state index contributed by atoms with van der Waals surface area (Å²) in [6, 6.07) is 19.4. The molecule has 5 rings (SSSR count). The summed E-state index contributed by atoms with van der Waals surface area (Å²) in [7, 11) is 0. The smallest absolute Gasteiger partial charge is 0.338 e. The average Bonchev–Trinajstić information content (AvgIpc) is 2.90. The molecule has 0 saturated carbocycles. The highest BCUT2D eigenvalue weighted by atomic mass is 32.2. The van der Waals surface area contributed by atoms with E-state index in [0.29, 0.717) is 11.6 Å². The first-order chi connectivity index (χ1) is 17.4. The molecule has 2 aliphatic rings. The third kappa shape index (κ3) is 4.66. The van der Waals surface area contributed by atoms with Crippen molar-refractivity contribution in [1.82, 2.24) is 0 Å². The quantitative estimate of drug-likeness (QED) is 0.246. The molecule has 3 aromatic rings. The zero-order chi connectivity index (χ0) is 25.2. The second kappa shape index (κ2) is 10.0. The number of benzene rings is 3. The lowest BCUT2D eigenvalue weighted by molar-refractivity contribution is -0.384. The molecule has 2 heterocycles. The van der Waals surface area contributed by atoms with Crippen molar-refractivity contribution in [3.8, 4) is 0 Å². The molecule has 1 fully saturated rings. The number of carbonyl (C=O) groups is 2. The fraction of sp³-hybridized carbons (Fsp3) is 0.259. The van der Waals surface area contributed by atoms with Crippen LogP contribution in [0.4, 0.5) is 22.7 Å². The number of hydrogen-bond acceptors (Lipinski definition) is 7. The maximum absolute atomic E-state index is 13.2. The lowest BCUT2D eigenvalue weighted by Crippen LogP contribution is -2.33. The van der Waals surface area contributed by atoms with Gasteiger partial charge < -0.3 is 9.64 Å². The van der Waals surface area contributed by atoms with Crippen molar-refractivity contribution in [2.75, 3.05) is 29.5 Å². The van der Waals surface area contributed by atoms with E-state index < -0.39 is 23.4 Å². The topological polar surface area (TPSA) is 93.0 Å². The number of hydrogen-bond donors (Lipinski definition) is 0. The van der Waals surface area contributed by atoms with Crippen LogP contribution >= 0.6 is 11.8 Å². The highest BCUT2D eigenvalue weighted by Gasteiger charge is 2.29. The number of nitro benzene ring substituents is 1. The fourth-order valence-corrected chi connectivity index (χ4v) is 5.62. The van der Waals surface area contributed by atoms with Crippen molar-refractivity contribution >= 4 is 46.4 Å².